The Balaban J connectivity index is 1.90. The molecule has 0 aliphatic rings. The van der Waals surface area contributed by atoms with Crippen molar-refractivity contribution in [2.75, 3.05) is 19.0 Å². The van der Waals surface area contributed by atoms with Crippen molar-refractivity contribution in [2.45, 2.75) is 12.2 Å². The van der Waals surface area contributed by atoms with Gasteiger partial charge >= 0.3 is 6.18 Å². The smallest absolute Gasteiger partial charge is 0.363 e. The molecule has 0 radical (unpaired) electrons. The molecular weight excluding hydrogens is 502 g/mol. The highest BCUT2D eigenvalue weighted by molar-refractivity contribution is 5.97. The van der Waals surface area contributed by atoms with Crippen LogP contribution in [0.2, 0.25) is 0 Å². The van der Waals surface area contributed by atoms with Crippen LogP contribution in [0.3, 0.4) is 0 Å². The first-order valence-electron chi connectivity index (χ1n) is 10.7. The zero-order chi connectivity index (χ0) is 27.1. The van der Waals surface area contributed by atoms with E-state index in [-0.39, 0.29) is 16.7 Å². The summed E-state index contributed by atoms with van der Waals surface area (Å²) >= 11 is 0. The number of nitrogens with zero attached hydrogens (tertiary/aromatic N) is 3. The molecule has 0 spiro atoms. The van der Waals surface area contributed by atoms with Crippen molar-refractivity contribution in [3.05, 3.63) is 99.6 Å². The molecule has 2 heterocycles. The molecule has 0 aliphatic carbocycles. The summed E-state index contributed by atoms with van der Waals surface area (Å²) in [4.78, 5) is 32.1. The van der Waals surface area contributed by atoms with Crippen molar-refractivity contribution in [1.29, 1.82) is 0 Å². The summed E-state index contributed by atoms with van der Waals surface area (Å²) in [5, 5.41) is 1.58. The monoisotopic (exact) mass is 520 g/mol. The van der Waals surface area contributed by atoms with Gasteiger partial charge in [0.25, 0.3) is 5.91 Å². The van der Waals surface area contributed by atoms with E-state index < -0.39 is 52.1 Å². The third-order valence-electron chi connectivity index (χ3n) is 5.51. The molecule has 1 unspecified atom stereocenters. The van der Waals surface area contributed by atoms with E-state index in [2.05, 4.69) is 4.98 Å². The number of nitrogens with one attached hydrogen (secondary N) is 1. The highest BCUT2D eigenvalue weighted by Crippen LogP contribution is 2.33. The second kappa shape index (κ2) is 9.60. The summed E-state index contributed by atoms with van der Waals surface area (Å²) in [7, 11) is 3.31. The van der Waals surface area contributed by atoms with Gasteiger partial charge in [-0.25, -0.2) is 18.2 Å². The summed E-state index contributed by atoms with van der Waals surface area (Å²) in [5.74, 6) is -3.79. The molecule has 6 nitrogen and oxygen atoms in total. The van der Waals surface area contributed by atoms with Gasteiger partial charge < -0.3 is 10.2 Å². The van der Waals surface area contributed by atoms with Crippen LogP contribution in [0, 0.1) is 17.5 Å². The zero-order valence-corrected chi connectivity index (χ0v) is 19.3. The topological polar surface area (TPSA) is 67.2 Å². The lowest BCUT2D eigenvalue weighted by molar-refractivity contribution is -0.155. The zero-order valence-electron chi connectivity index (χ0n) is 19.3. The molecule has 4 rings (SSSR count). The fourth-order valence-electron chi connectivity index (χ4n) is 3.68. The number of alkyl halides is 3. The molecule has 1 amide bonds. The van der Waals surface area contributed by atoms with Crippen LogP contribution in [0.25, 0.3) is 16.7 Å². The maximum absolute atomic E-state index is 14.7. The van der Waals surface area contributed by atoms with Crippen LogP contribution in [0.4, 0.5) is 32.2 Å². The number of carbonyl (C=O) groups is 1. The predicted molar refractivity (Wildman–Crippen MR) is 124 cm³/mol. The van der Waals surface area contributed by atoms with Gasteiger partial charge in [-0.15, -0.1) is 0 Å². The Morgan fingerprint density at radius 2 is 1.62 bits per heavy atom. The Labute approximate surface area is 205 Å². The van der Waals surface area contributed by atoms with Crippen LogP contribution >= 0.6 is 0 Å². The van der Waals surface area contributed by atoms with Crippen molar-refractivity contribution in [3.8, 4) is 5.69 Å². The largest absolute Gasteiger partial charge is 0.412 e. The number of carbonyl (C=O) groups excluding carboxylic acids is 1. The van der Waals surface area contributed by atoms with Crippen molar-refractivity contribution in [1.82, 2.24) is 14.9 Å². The maximum Gasteiger partial charge on any atom is 0.412 e. The Morgan fingerprint density at radius 1 is 0.973 bits per heavy atom. The third kappa shape index (κ3) is 5.13. The first-order chi connectivity index (χ1) is 17.4. The van der Waals surface area contributed by atoms with Crippen LogP contribution in [0.15, 0.2) is 65.6 Å². The minimum Gasteiger partial charge on any atom is -0.363 e. The Hall–Kier alpha value is -4.35. The quantitative estimate of drug-likeness (QED) is 0.380. The van der Waals surface area contributed by atoms with E-state index in [1.165, 1.54) is 12.1 Å². The molecule has 0 saturated carbocycles. The number of hydrogen-bond acceptors (Lipinski definition) is 4. The van der Waals surface area contributed by atoms with Gasteiger partial charge in [0.05, 0.1) is 11.1 Å². The number of pyridine rings is 2. The van der Waals surface area contributed by atoms with Crippen LogP contribution in [0.1, 0.15) is 22.0 Å². The Morgan fingerprint density at radius 3 is 2.22 bits per heavy atom. The molecule has 2 aromatic carbocycles. The lowest BCUT2D eigenvalue weighted by atomic mass is 10.1. The van der Waals surface area contributed by atoms with Crippen LogP contribution < -0.4 is 15.6 Å². The van der Waals surface area contributed by atoms with Gasteiger partial charge in [-0.1, -0.05) is 12.1 Å². The molecule has 0 saturated heterocycles. The van der Waals surface area contributed by atoms with E-state index in [4.69, 9.17) is 0 Å². The molecule has 192 valence electrons. The Kier molecular flexibility index (Phi) is 6.68. The van der Waals surface area contributed by atoms with Gasteiger partial charge in [0.2, 0.25) is 5.43 Å². The molecule has 1 atom stereocenters. The van der Waals surface area contributed by atoms with Crippen molar-refractivity contribution >= 4 is 22.8 Å². The van der Waals surface area contributed by atoms with Gasteiger partial charge in [-0.2, -0.15) is 13.2 Å². The number of aromatic nitrogens is 2. The van der Waals surface area contributed by atoms with E-state index in [1.807, 2.05) is 0 Å². The highest BCUT2D eigenvalue weighted by atomic mass is 19.4. The summed E-state index contributed by atoms with van der Waals surface area (Å²) in [6.07, 6.45) is -4.14. The molecular formula is C25H18F6N4O2. The summed E-state index contributed by atoms with van der Waals surface area (Å²) < 4.78 is 83.9. The number of fused-ring (bicyclic) bond motifs is 1. The Bertz CT molecular complexity index is 1550. The SMILES string of the molecule is CN(C)c1ccc2c(=O)c(C(=O)NC(c3ccc(F)cc3)C(F)(F)F)cn(-c3ccc(F)cc3F)c2n1. The maximum atomic E-state index is 14.7. The van der Waals surface area contributed by atoms with E-state index in [0.717, 1.165) is 47.2 Å². The number of amides is 1. The molecule has 2 aromatic heterocycles. The van der Waals surface area contributed by atoms with Crippen molar-refractivity contribution < 1.29 is 31.1 Å². The number of benzene rings is 2. The average Bonchev–Trinajstić information content (AvgIpc) is 2.83. The summed E-state index contributed by atoms with van der Waals surface area (Å²) in [5.41, 5.74) is -2.57. The van der Waals surface area contributed by atoms with Crippen molar-refractivity contribution in [2.24, 2.45) is 0 Å². The molecule has 4 aromatic rings. The molecule has 0 fully saturated rings. The van der Waals surface area contributed by atoms with Gasteiger partial charge in [0.15, 0.2) is 11.7 Å². The molecule has 1 N–H and O–H groups in total. The number of halogens is 6. The number of rotatable bonds is 5. The van der Waals surface area contributed by atoms with Crippen molar-refractivity contribution in [3.63, 3.8) is 0 Å². The average molecular weight is 520 g/mol. The second-order valence-corrected chi connectivity index (χ2v) is 8.27. The standard InChI is InChI=1S/C25H18F6N4O2/c1-34(2)20-10-8-16-21(36)17(12-35(23(16)32-20)19-9-7-15(27)11-18(19)28)24(37)33-22(25(29,30)31)13-3-5-14(26)6-4-13/h3-12,22H,1-2H3,(H,33,37). The van der Waals surface area contributed by atoms with Crippen LogP contribution in [0.5, 0.6) is 0 Å². The summed E-state index contributed by atoms with van der Waals surface area (Å²) in [6.45, 7) is 0. The first-order valence-corrected chi connectivity index (χ1v) is 10.7. The molecule has 37 heavy (non-hydrogen) atoms. The molecule has 0 bridgehead atoms. The predicted octanol–water partition coefficient (Wildman–Crippen LogP) is 4.90. The van der Waals surface area contributed by atoms with E-state index >= 15 is 0 Å². The number of hydrogen-bond donors (Lipinski definition) is 1. The van der Waals surface area contributed by atoms with E-state index in [1.54, 1.807) is 24.3 Å². The lowest BCUT2D eigenvalue weighted by Gasteiger charge is -2.22. The van der Waals surface area contributed by atoms with Crippen LogP contribution in [-0.2, 0) is 0 Å². The van der Waals surface area contributed by atoms with Crippen LogP contribution in [-0.4, -0.2) is 35.7 Å². The second-order valence-electron chi connectivity index (χ2n) is 8.27. The summed E-state index contributed by atoms with van der Waals surface area (Å²) in [6, 6.07) is 6.03. The van der Waals surface area contributed by atoms with Gasteiger partial charge in [-0.05, 0) is 42.0 Å². The van der Waals surface area contributed by atoms with E-state index in [9.17, 15) is 35.9 Å². The van der Waals surface area contributed by atoms with E-state index in [0.29, 0.717) is 11.9 Å². The third-order valence-corrected chi connectivity index (χ3v) is 5.51. The molecule has 0 aliphatic heterocycles. The lowest BCUT2D eigenvalue weighted by Crippen LogP contribution is -2.40. The fraction of sp³-hybridized carbons (Fsp3) is 0.160. The first kappa shape index (κ1) is 25.7. The van der Waals surface area contributed by atoms with Gasteiger partial charge in [0.1, 0.15) is 28.8 Å². The van der Waals surface area contributed by atoms with Gasteiger partial charge in [-0.3, -0.25) is 14.2 Å². The fourth-order valence-corrected chi connectivity index (χ4v) is 3.68. The van der Waals surface area contributed by atoms with Gasteiger partial charge in [0, 0.05) is 26.4 Å². The molecule has 12 heteroatoms. The minimum atomic E-state index is -4.99. The number of anilines is 1. The minimum absolute atomic E-state index is 0.107. The normalized spacial score (nSPS) is 12.4. The highest BCUT2D eigenvalue weighted by Gasteiger charge is 2.42.